The first-order valence-electron chi connectivity index (χ1n) is 8.00. The molecule has 2 aromatic rings. The number of nitriles is 1. The quantitative estimate of drug-likeness (QED) is 0.736. The van der Waals surface area contributed by atoms with Crippen LogP contribution in [0.5, 0.6) is 0 Å². The maximum Gasteiger partial charge on any atom is 0.224 e. The van der Waals surface area contributed by atoms with E-state index < -0.39 is 9.84 Å². The molecule has 2 heterocycles. The van der Waals surface area contributed by atoms with Crippen LogP contribution in [0.1, 0.15) is 18.2 Å². The van der Waals surface area contributed by atoms with Gasteiger partial charge in [-0.05, 0) is 42.8 Å². The van der Waals surface area contributed by atoms with Crippen molar-refractivity contribution in [1.29, 1.82) is 5.26 Å². The molecule has 1 aromatic carbocycles. The number of benzene rings is 1. The number of hydrogen-bond acceptors (Lipinski definition) is 7. The van der Waals surface area contributed by atoms with Crippen LogP contribution in [0.2, 0.25) is 5.28 Å². The lowest BCUT2D eigenvalue weighted by atomic mass is 10.2. The molecule has 1 aliphatic rings. The summed E-state index contributed by atoms with van der Waals surface area (Å²) in [5.41, 5.74) is 0.723. The van der Waals surface area contributed by atoms with Gasteiger partial charge >= 0.3 is 0 Å². The summed E-state index contributed by atoms with van der Waals surface area (Å²) in [6.45, 7) is 3.80. The van der Waals surface area contributed by atoms with Crippen molar-refractivity contribution in [2.24, 2.45) is 0 Å². The first kappa shape index (κ1) is 18.6. The van der Waals surface area contributed by atoms with Gasteiger partial charge in [0.2, 0.25) is 5.28 Å². The third-order valence-corrected chi connectivity index (χ3v) is 5.92. The lowest BCUT2D eigenvalue weighted by Crippen LogP contribution is -2.44. The van der Waals surface area contributed by atoms with Crippen LogP contribution in [0, 0.1) is 11.3 Å². The Kier molecular flexibility index (Phi) is 5.41. The van der Waals surface area contributed by atoms with Crippen LogP contribution in [0.15, 0.2) is 35.2 Å². The predicted molar refractivity (Wildman–Crippen MR) is 96.7 cm³/mol. The predicted octanol–water partition coefficient (Wildman–Crippen LogP) is 2.20. The van der Waals surface area contributed by atoms with Crippen LogP contribution in [-0.2, 0) is 20.3 Å². The second kappa shape index (κ2) is 7.58. The molecule has 0 unspecified atom stereocenters. The zero-order valence-corrected chi connectivity index (χ0v) is 15.7. The molecular formula is C17H17ClN4O3S. The Morgan fingerprint density at radius 2 is 2.08 bits per heavy atom. The maximum atomic E-state index is 12.6. The number of nitrogens with zero attached hydrogens (tertiary/aromatic N) is 4. The Balaban J connectivity index is 1.88. The topological polar surface area (TPSA) is 96.2 Å². The lowest BCUT2D eigenvalue weighted by molar-refractivity contribution is 0.0985. The van der Waals surface area contributed by atoms with Crippen molar-refractivity contribution in [3.63, 3.8) is 0 Å². The summed E-state index contributed by atoms with van der Waals surface area (Å²) < 4.78 is 30.7. The third-order valence-electron chi connectivity index (χ3n) is 4.08. The highest BCUT2D eigenvalue weighted by molar-refractivity contribution is 7.90. The van der Waals surface area contributed by atoms with E-state index in [1.807, 2.05) is 17.9 Å². The lowest BCUT2D eigenvalue weighted by Gasteiger charge is -2.34. The van der Waals surface area contributed by atoms with Crippen molar-refractivity contribution in [2.45, 2.75) is 23.6 Å². The van der Waals surface area contributed by atoms with Crippen LogP contribution >= 0.6 is 11.6 Å². The molecule has 1 aromatic heterocycles. The van der Waals surface area contributed by atoms with E-state index in [0.717, 1.165) is 0 Å². The van der Waals surface area contributed by atoms with Crippen LogP contribution < -0.4 is 4.90 Å². The van der Waals surface area contributed by atoms with E-state index >= 15 is 0 Å². The van der Waals surface area contributed by atoms with Crippen molar-refractivity contribution in [3.8, 4) is 6.07 Å². The number of sulfone groups is 1. The minimum atomic E-state index is -3.62. The summed E-state index contributed by atoms with van der Waals surface area (Å²) in [5, 5.41) is 8.83. The zero-order chi connectivity index (χ0) is 18.7. The number of hydrogen-bond donors (Lipinski definition) is 0. The molecule has 0 radical (unpaired) electrons. The third kappa shape index (κ3) is 4.12. The summed E-state index contributed by atoms with van der Waals surface area (Å²) in [6.07, 6.45) is 0. The van der Waals surface area contributed by atoms with Gasteiger partial charge in [0.25, 0.3) is 0 Å². The maximum absolute atomic E-state index is 12.6. The molecule has 9 heteroatoms. The largest absolute Gasteiger partial charge is 0.377 e. The molecule has 0 N–H and O–H groups in total. The number of halogens is 1. The van der Waals surface area contributed by atoms with Crippen LogP contribution in [-0.4, -0.2) is 44.2 Å². The molecule has 0 saturated carbocycles. The average molecular weight is 393 g/mol. The molecule has 1 aliphatic heterocycles. The van der Waals surface area contributed by atoms with Crippen LogP contribution in [0.4, 0.5) is 5.82 Å². The highest BCUT2D eigenvalue weighted by Crippen LogP contribution is 2.23. The van der Waals surface area contributed by atoms with Gasteiger partial charge in [-0.1, -0.05) is 0 Å². The Hall–Kier alpha value is -2.21. The van der Waals surface area contributed by atoms with Crippen molar-refractivity contribution in [3.05, 3.63) is 46.9 Å². The first-order valence-corrected chi connectivity index (χ1v) is 10.0. The number of anilines is 1. The summed E-state index contributed by atoms with van der Waals surface area (Å²) in [6, 6.07) is 9.50. The van der Waals surface area contributed by atoms with E-state index in [0.29, 0.717) is 36.8 Å². The second-order valence-electron chi connectivity index (χ2n) is 6.00. The number of morpholine rings is 1. The number of aromatic nitrogens is 2. The van der Waals surface area contributed by atoms with E-state index in [-0.39, 0.29) is 22.0 Å². The fourth-order valence-corrected chi connectivity index (χ4v) is 4.20. The van der Waals surface area contributed by atoms with Gasteiger partial charge in [0, 0.05) is 12.6 Å². The molecule has 1 fully saturated rings. The summed E-state index contributed by atoms with van der Waals surface area (Å²) in [7, 11) is -3.62. The van der Waals surface area contributed by atoms with Gasteiger partial charge in [-0.25, -0.2) is 18.4 Å². The van der Waals surface area contributed by atoms with Crippen molar-refractivity contribution < 1.29 is 13.2 Å². The molecule has 0 bridgehead atoms. The smallest absolute Gasteiger partial charge is 0.224 e. The molecule has 7 nitrogen and oxygen atoms in total. The minimum absolute atomic E-state index is 0.00576. The Bertz CT molecular complexity index is 941. The molecule has 136 valence electrons. The van der Waals surface area contributed by atoms with E-state index in [2.05, 4.69) is 9.97 Å². The van der Waals surface area contributed by atoms with Gasteiger partial charge in [0.05, 0.1) is 47.2 Å². The molecule has 1 atom stereocenters. The van der Waals surface area contributed by atoms with Crippen molar-refractivity contribution >= 4 is 27.3 Å². The highest BCUT2D eigenvalue weighted by Gasteiger charge is 2.23. The van der Waals surface area contributed by atoms with Gasteiger partial charge in [0.1, 0.15) is 5.82 Å². The Morgan fingerprint density at radius 1 is 1.35 bits per heavy atom. The normalized spacial score (nSPS) is 17.7. The monoisotopic (exact) mass is 392 g/mol. The minimum Gasteiger partial charge on any atom is -0.377 e. The van der Waals surface area contributed by atoms with Gasteiger partial charge in [-0.3, -0.25) is 0 Å². The number of rotatable bonds is 4. The molecule has 26 heavy (non-hydrogen) atoms. The van der Waals surface area contributed by atoms with E-state index in [9.17, 15) is 8.42 Å². The number of ether oxygens (including phenoxy) is 1. The molecule has 3 rings (SSSR count). The van der Waals surface area contributed by atoms with Crippen molar-refractivity contribution in [1.82, 2.24) is 9.97 Å². The SMILES string of the molecule is C[C@H]1COCCN1c1cc(CS(=O)(=O)c2ccc(C#N)cc2)nc(Cl)n1. The molecule has 0 spiro atoms. The second-order valence-corrected chi connectivity index (χ2v) is 8.33. The van der Waals surface area contributed by atoms with Gasteiger partial charge in [-0.15, -0.1) is 0 Å². The van der Waals surface area contributed by atoms with Gasteiger partial charge < -0.3 is 9.64 Å². The summed E-state index contributed by atoms with van der Waals surface area (Å²) in [4.78, 5) is 10.4. The van der Waals surface area contributed by atoms with E-state index in [1.54, 1.807) is 6.07 Å². The fraction of sp³-hybridized carbons (Fsp3) is 0.353. The van der Waals surface area contributed by atoms with Crippen LogP contribution in [0.25, 0.3) is 0 Å². The van der Waals surface area contributed by atoms with Crippen molar-refractivity contribution in [2.75, 3.05) is 24.7 Å². The van der Waals surface area contributed by atoms with Gasteiger partial charge in [0.15, 0.2) is 9.84 Å². The highest BCUT2D eigenvalue weighted by atomic mass is 35.5. The van der Waals surface area contributed by atoms with Gasteiger partial charge in [-0.2, -0.15) is 5.26 Å². The Labute approximate surface area is 157 Å². The summed E-state index contributed by atoms with van der Waals surface area (Å²) >= 11 is 6.02. The molecule has 0 aliphatic carbocycles. The van der Waals surface area contributed by atoms with Crippen LogP contribution in [0.3, 0.4) is 0 Å². The standard InChI is InChI=1S/C17H17ClN4O3S/c1-12-10-25-7-6-22(12)16-8-14(20-17(18)21-16)11-26(23,24)15-4-2-13(9-19)3-5-15/h2-5,8,12H,6-7,10-11H2,1H3/t12-/m0/s1. The Morgan fingerprint density at radius 3 is 2.73 bits per heavy atom. The molecular weight excluding hydrogens is 376 g/mol. The zero-order valence-electron chi connectivity index (χ0n) is 14.1. The average Bonchev–Trinajstić information content (AvgIpc) is 2.61. The summed E-state index contributed by atoms with van der Waals surface area (Å²) in [5.74, 6) is 0.290. The van der Waals surface area contributed by atoms with E-state index in [1.165, 1.54) is 24.3 Å². The fourth-order valence-electron chi connectivity index (χ4n) is 2.75. The molecule has 0 amide bonds. The molecule has 1 saturated heterocycles. The first-order chi connectivity index (χ1) is 12.4. The van der Waals surface area contributed by atoms with E-state index in [4.69, 9.17) is 21.6 Å².